The second-order valence-corrected chi connectivity index (χ2v) is 18.6. The van der Waals surface area contributed by atoms with Crippen molar-refractivity contribution in [3.05, 3.63) is 0 Å². The minimum absolute atomic E-state index is 0.0384. The molecule has 0 saturated carbocycles. The highest BCUT2D eigenvalue weighted by Gasteiger charge is 2.26. The van der Waals surface area contributed by atoms with Crippen LogP contribution in [0.4, 0.5) is 0 Å². The lowest BCUT2D eigenvalue weighted by molar-refractivity contribution is -0.137. The average Bonchev–Trinajstić information content (AvgIpc) is 2.37. The summed E-state index contributed by atoms with van der Waals surface area (Å²) < 4.78 is 11.9. The first-order valence-electron chi connectivity index (χ1n) is 10.3. The first-order valence-corrected chi connectivity index (χ1v) is 17.1. The summed E-state index contributed by atoms with van der Waals surface area (Å²) in [4.78, 5) is 12.2. The van der Waals surface area contributed by atoms with Gasteiger partial charge in [0.1, 0.15) is 0 Å². The van der Waals surface area contributed by atoms with Crippen molar-refractivity contribution in [3.63, 3.8) is 0 Å². The van der Waals surface area contributed by atoms with Crippen molar-refractivity contribution >= 4 is 22.6 Å². The molecular weight excluding hydrogens is 344 g/mol. The monoisotopic (exact) mass is 388 g/mol. The van der Waals surface area contributed by atoms with Gasteiger partial charge in [-0.3, -0.25) is 4.79 Å². The summed E-state index contributed by atoms with van der Waals surface area (Å²) in [7, 11) is -3.44. The maximum Gasteiger partial charge on any atom is 0.295 e. The standard InChI is InChI=1S/C20H44O3Si2/c1-18(2)15-13-11-9-10-12-14-16-19(22-24(3,4)5)17-20(21)23-25(6,7)8/h18-19H,9-17H2,1-8H3. The Bertz CT molecular complexity index is 357. The van der Waals surface area contributed by atoms with Gasteiger partial charge in [-0.25, -0.2) is 0 Å². The van der Waals surface area contributed by atoms with Crippen LogP contribution in [-0.4, -0.2) is 28.7 Å². The molecule has 0 bridgehead atoms. The van der Waals surface area contributed by atoms with Crippen molar-refractivity contribution in [2.45, 2.75) is 117 Å². The van der Waals surface area contributed by atoms with Crippen molar-refractivity contribution in [2.75, 3.05) is 0 Å². The van der Waals surface area contributed by atoms with Gasteiger partial charge in [0.05, 0.1) is 12.5 Å². The molecule has 3 nitrogen and oxygen atoms in total. The molecule has 0 aromatic rings. The molecule has 150 valence electrons. The molecule has 0 aliphatic carbocycles. The van der Waals surface area contributed by atoms with E-state index < -0.39 is 16.6 Å². The van der Waals surface area contributed by atoms with Crippen LogP contribution in [0.1, 0.15) is 71.6 Å². The number of hydrogen-bond donors (Lipinski definition) is 0. The molecule has 0 aliphatic heterocycles. The van der Waals surface area contributed by atoms with Gasteiger partial charge in [-0.1, -0.05) is 58.8 Å². The van der Waals surface area contributed by atoms with E-state index in [4.69, 9.17) is 8.85 Å². The van der Waals surface area contributed by atoms with Gasteiger partial charge in [0.15, 0.2) is 8.32 Å². The molecule has 0 radical (unpaired) electrons. The quantitative estimate of drug-likeness (QED) is 0.244. The molecule has 0 N–H and O–H groups in total. The van der Waals surface area contributed by atoms with Crippen molar-refractivity contribution in [2.24, 2.45) is 5.92 Å². The number of unbranched alkanes of at least 4 members (excludes halogenated alkanes) is 5. The maximum atomic E-state index is 12.2. The summed E-state index contributed by atoms with van der Waals surface area (Å²) in [5.74, 6) is 0.756. The summed E-state index contributed by atoms with van der Waals surface area (Å²) in [5, 5.41) is 0. The lowest BCUT2D eigenvalue weighted by atomic mass is 10.0. The highest BCUT2D eigenvalue weighted by Crippen LogP contribution is 2.19. The Morgan fingerprint density at radius 3 is 1.68 bits per heavy atom. The van der Waals surface area contributed by atoms with Gasteiger partial charge in [0.2, 0.25) is 8.32 Å². The maximum absolute atomic E-state index is 12.2. The Labute approximate surface area is 159 Å². The fraction of sp³-hybridized carbons (Fsp3) is 0.950. The van der Waals surface area contributed by atoms with Gasteiger partial charge in [-0.05, 0) is 51.6 Å². The third-order valence-corrected chi connectivity index (χ3v) is 5.77. The van der Waals surface area contributed by atoms with E-state index in [1.165, 1.54) is 38.5 Å². The molecule has 25 heavy (non-hydrogen) atoms. The minimum Gasteiger partial charge on any atom is -0.520 e. The number of rotatable bonds is 14. The molecule has 0 amide bonds. The third kappa shape index (κ3) is 18.5. The lowest BCUT2D eigenvalue weighted by Gasteiger charge is -2.27. The third-order valence-electron chi connectivity index (χ3n) is 3.89. The van der Waals surface area contributed by atoms with Crippen LogP contribution in [0.2, 0.25) is 39.3 Å². The van der Waals surface area contributed by atoms with E-state index in [1.54, 1.807) is 0 Å². The van der Waals surface area contributed by atoms with Gasteiger partial charge in [0.25, 0.3) is 5.97 Å². The number of hydrogen-bond acceptors (Lipinski definition) is 3. The van der Waals surface area contributed by atoms with E-state index in [-0.39, 0.29) is 12.1 Å². The number of carbonyl (C=O) groups is 1. The Balaban J connectivity index is 4.09. The zero-order valence-corrected chi connectivity index (χ0v) is 20.2. The SMILES string of the molecule is CC(C)CCCCCCCCC(CC(=O)O[Si](C)(C)C)O[Si](C)(C)C. The van der Waals surface area contributed by atoms with Crippen LogP contribution in [0.15, 0.2) is 0 Å². The summed E-state index contributed by atoms with van der Waals surface area (Å²) >= 11 is 0. The van der Waals surface area contributed by atoms with Gasteiger partial charge < -0.3 is 8.85 Å². The van der Waals surface area contributed by atoms with Gasteiger partial charge >= 0.3 is 0 Å². The fourth-order valence-electron chi connectivity index (χ4n) is 2.90. The van der Waals surface area contributed by atoms with Crippen LogP contribution >= 0.6 is 0 Å². The first-order chi connectivity index (χ1) is 11.4. The van der Waals surface area contributed by atoms with Crippen LogP contribution in [-0.2, 0) is 13.6 Å². The molecule has 0 heterocycles. The van der Waals surface area contributed by atoms with Crippen molar-refractivity contribution in [1.29, 1.82) is 0 Å². The van der Waals surface area contributed by atoms with E-state index in [0.29, 0.717) is 6.42 Å². The molecule has 1 atom stereocenters. The Kier molecular flexibility index (Phi) is 12.2. The zero-order chi connectivity index (χ0) is 19.5. The van der Waals surface area contributed by atoms with Crippen molar-refractivity contribution in [1.82, 2.24) is 0 Å². The summed E-state index contributed by atoms with van der Waals surface area (Å²) in [5.41, 5.74) is 0. The summed E-state index contributed by atoms with van der Waals surface area (Å²) in [6.45, 7) is 17.3. The van der Waals surface area contributed by atoms with Crippen LogP contribution in [0.3, 0.4) is 0 Å². The fourth-order valence-corrected chi connectivity index (χ4v) is 4.87. The van der Waals surface area contributed by atoms with Gasteiger partial charge in [0, 0.05) is 0 Å². The van der Waals surface area contributed by atoms with Crippen molar-refractivity contribution in [3.8, 4) is 0 Å². The zero-order valence-electron chi connectivity index (χ0n) is 18.2. The minimum atomic E-state index is -1.80. The Morgan fingerprint density at radius 1 is 0.760 bits per heavy atom. The Hall–Kier alpha value is -0.136. The van der Waals surface area contributed by atoms with E-state index in [2.05, 4.69) is 53.1 Å². The van der Waals surface area contributed by atoms with E-state index in [9.17, 15) is 4.79 Å². The predicted octanol–water partition coefficient (Wildman–Crippen LogP) is 6.75. The van der Waals surface area contributed by atoms with Crippen LogP contribution in [0.25, 0.3) is 0 Å². The number of carbonyl (C=O) groups excluding carboxylic acids is 1. The van der Waals surface area contributed by atoms with E-state index >= 15 is 0 Å². The second kappa shape index (κ2) is 12.3. The van der Waals surface area contributed by atoms with E-state index in [0.717, 1.165) is 18.8 Å². The lowest BCUT2D eigenvalue weighted by Crippen LogP contribution is -2.36. The molecule has 0 rings (SSSR count). The molecule has 0 aromatic heterocycles. The normalized spacial score (nSPS) is 14.0. The molecule has 0 aromatic carbocycles. The molecule has 0 aliphatic rings. The molecule has 0 fully saturated rings. The summed E-state index contributed by atoms with van der Waals surface area (Å²) in [6.07, 6.45) is 10.6. The molecule has 5 heteroatoms. The summed E-state index contributed by atoms with van der Waals surface area (Å²) in [6, 6.07) is 0. The van der Waals surface area contributed by atoms with Crippen LogP contribution in [0, 0.1) is 5.92 Å². The molecule has 1 unspecified atom stereocenters. The van der Waals surface area contributed by atoms with Crippen LogP contribution in [0.5, 0.6) is 0 Å². The topological polar surface area (TPSA) is 35.5 Å². The average molecular weight is 389 g/mol. The molecular formula is C20H44O3Si2. The predicted molar refractivity (Wildman–Crippen MR) is 114 cm³/mol. The second-order valence-electron chi connectivity index (χ2n) is 9.74. The Morgan fingerprint density at radius 2 is 1.24 bits per heavy atom. The smallest absolute Gasteiger partial charge is 0.295 e. The first kappa shape index (κ1) is 24.9. The van der Waals surface area contributed by atoms with Crippen LogP contribution < -0.4 is 0 Å². The van der Waals surface area contributed by atoms with Gasteiger partial charge in [-0.15, -0.1) is 0 Å². The molecule has 0 spiro atoms. The van der Waals surface area contributed by atoms with E-state index in [1.807, 2.05) is 0 Å². The van der Waals surface area contributed by atoms with Crippen molar-refractivity contribution < 1.29 is 13.6 Å². The molecule has 0 saturated heterocycles. The van der Waals surface area contributed by atoms with Gasteiger partial charge in [-0.2, -0.15) is 0 Å². The highest BCUT2D eigenvalue weighted by molar-refractivity contribution is 6.71. The largest absolute Gasteiger partial charge is 0.520 e. The highest BCUT2D eigenvalue weighted by atomic mass is 28.4.